The van der Waals surface area contributed by atoms with Crippen molar-refractivity contribution in [1.29, 1.82) is 0 Å². The second-order valence-electron chi connectivity index (χ2n) is 4.39. The van der Waals surface area contributed by atoms with E-state index < -0.39 is 0 Å². The van der Waals surface area contributed by atoms with Crippen LogP contribution in [-0.4, -0.2) is 5.91 Å². The Hall–Kier alpha value is -1.84. The molecule has 0 aliphatic heterocycles. The van der Waals surface area contributed by atoms with E-state index in [-0.39, 0.29) is 5.91 Å². The molecular formula is C16H12ClNOS. The molecule has 0 aliphatic rings. The largest absolute Gasteiger partial charge is 0.321 e. The number of halogens is 1. The second-order valence-corrected chi connectivity index (χ2v) is 5.74. The number of benzene rings is 2. The minimum absolute atomic E-state index is 0.0937. The van der Waals surface area contributed by atoms with E-state index in [1.807, 2.05) is 54.6 Å². The van der Waals surface area contributed by atoms with Crippen molar-refractivity contribution in [2.45, 2.75) is 5.88 Å². The van der Waals surface area contributed by atoms with Crippen LogP contribution in [0.4, 0.5) is 5.69 Å². The molecule has 0 aliphatic carbocycles. The number of alkyl halides is 1. The number of anilines is 1. The highest BCUT2D eigenvalue weighted by Crippen LogP contribution is 2.26. The third kappa shape index (κ3) is 2.55. The Bertz CT molecular complexity index is 733. The van der Waals surface area contributed by atoms with Crippen molar-refractivity contribution < 1.29 is 4.79 Å². The molecule has 0 radical (unpaired) electrons. The molecule has 3 rings (SSSR count). The van der Waals surface area contributed by atoms with Crippen LogP contribution in [0.5, 0.6) is 0 Å². The number of carbonyl (C=O) groups is 1. The van der Waals surface area contributed by atoms with Crippen LogP contribution in [0, 0.1) is 0 Å². The summed E-state index contributed by atoms with van der Waals surface area (Å²) in [5.74, 6) is 0.284. The number of para-hydroxylation sites is 1. The third-order valence-corrected chi connectivity index (χ3v) is 4.46. The van der Waals surface area contributed by atoms with Gasteiger partial charge in [-0.25, -0.2) is 0 Å². The fourth-order valence-electron chi connectivity index (χ4n) is 2.04. The number of nitrogens with one attached hydrogen (secondary N) is 1. The SMILES string of the molecule is O=C(Nc1ccccc1CCl)c1cc2ccccc2s1. The Labute approximate surface area is 126 Å². The average Bonchev–Trinajstić information content (AvgIpc) is 2.92. The van der Waals surface area contributed by atoms with Gasteiger partial charge in [0.25, 0.3) is 5.91 Å². The van der Waals surface area contributed by atoms with Crippen LogP contribution in [0.1, 0.15) is 15.2 Å². The van der Waals surface area contributed by atoms with Gasteiger partial charge in [0.15, 0.2) is 0 Å². The summed E-state index contributed by atoms with van der Waals surface area (Å²) in [7, 11) is 0. The molecule has 0 unspecified atom stereocenters. The molecule has 2 nitrogen and oxygen atoms in total. The highest BCUT2D eigenvalue weighted by Gasteiger charge is 2.11. The minimum Gasteiger partial charge on any atom is -0.321 e. The van der Waals surface area contributed by atoms with Gasteiger partial charge in [-0.05, 0) is 29.1 Å². The normalized spacial score (nSPS) is 10.7. The van der Waals surface area contributed by atoms with Gasteiger partial charge in [0.05, 0.1) is 4.88 Å². The van der Waals surface area contributed by atoms with Crippen LogP contribution >= 0.6 is 22.9 Å². The predicted octanol–water partition coefficient (Wildman–Crippen LogP) is 4.89. The number of thiophene rings is 1. The smallest absolute Gasteiger partial charge is 0.265 e. The highest BCUT2D eigenvalue weighted by atomic mass is 35.5. The zero-order valence-electron chi connectivity index (χ0n) is 10.6. The van der Waals surface area contributed by atoms with Gasteiger partial charge in [0, 0.05) is 16.3 Å². The number of hydrogen-bond donors (Lipinski definition) is 1. The van der Waals surface area contributed by atoms with Gasteiger partial charge in [0.1, 0.15) is 0 Å². The first-order valence-corrected chi connectivity index (χ1v) is 7.57. The number of fused-ring (bicyclic) bond motifs is 1. The van der Waals surface area contributed by atoms with E-state index in [1.54, 1.807) is 0 Å². The zero-order valence-corrected chi connectivity index (χ0v) is 12.2. The van der Waals surface area contributed by atoms with E-state index in [1.165, 1.54) is 11.3 Å². The van der Waals surface area contributed by atoms with E-state index in [0.29, 0.717) is 10.8 Å². The number of hydrogen-bond acceptors (Lipinski definition) is 2. The molecule has 1 aromatic heterocycles. The zero-order chi connectivity index (χ0) is 13.9. The summed E-state index contributed by atoms with van der Waals surface area (Å²) in [5.41, 5.74) is 1.69. The Morgan fingerprint density at radius 1 is 1.10 bits per heavy atom. The van der Waals surface area contributed by atoms with Gasteiger partial charge in [-0.2, -0.15) is 0 Å². The van der Waals surface area contributed by atoms with Crippen LogP contribution in [0.3, 0.4) is 0 Å². The maximum atomic E-state index is 12.3. The summed E-state index contributed by atoms with van der Waals surface area (Å²) in [6.45, 7) is 0. The van der Waals surface area contributed by atoms with E-state index in [9.17, 15) is 4.79 Å². The molecule has 0 saturated carbocycles. The molecule has 0 atom stereocenters. The van der Waals surface area contributed by atoms with Gasteiger partial charge < -0.3 is 5.32 Å². The molecule has 1 heterocycles. The maximum absolute atomic E-state index is 12.3. The van der Waals surface area contributed by atoms with Gasteiger partial charge in [-0.3, -0.25) is 4.79 Å². The van der Waals surface area contributed by atoms with Gasteiger partial charge in [-0.1, -0.05) is 36.4 Å². The molecule has 0 spiro atoms. The Kier molecular flexibility index (Phi) is 3.72. The quantitative estimate of drug-likeness (QED) is 0.685. The average molecular weight is 302 g/mol. The summed E-state index contributed by atoms with van der Waals surface area (Å²) < 4.78 is 1.11. The summed E-state index contributed by atoms with van der Waals surface area (Å²) in [6, 6.07) is 17.5. The van der Waals surface area contributed by atoms with Gasteiger partial charge >= 0.3 is 0 Å². The molecule has 3 aromatic rings. The predicted molar refractivity (Wildman–Crippen MR) is 85.8 cm³/mol. The first-order chi connectivity index (χ1) is 9.78. The van der Waals surface area contributed by atoms with Crippen LogP contribution in [0.25, 0.3) is 10.1 Å². The van der Waals surface area contributed by atoms with Crippen molar-refractivity contribution in [1.82, 2.24) is 0 Å². The molecule has 1 amide bonds. The van der Waals surface area contributed by atoms with Crippen LogP contribution in [0.2, 0.25) is 0 Å². The monoisotopic (exact) mass is 301 g/mol. The molecule has 20 heavy (non-hydrogen) atoms. The Balaban J connectivity index is 1.89. The lowest BCUT2D eigenvalue weighted by Gasteiger charge is -2.07. The lowest BCUT2D eigenvalue weighted by atomic mass is 10.2. The number of rotatable bonds is 3. The van der Waals surface area contributed by atoms with Gasteiger partial charge in [-0.15, -0.1) is 22.9 Å². The molecule has 0 bridgehead atoms. The molecule has 0 saturated heterocycles. The molecule has 4 heteroatoms. The lowest BCUT2D eigenvalue weighted by Crippen LogP contribution is -2.11. The van der Waals surface area contributed by atoms with Crippen LogP contribution in [0.15, 0.2) is 54.6 Å². The molecule has 2 aromatic carbocycles. The van der Waals surface area contributed by atoms with E-state index in [4.69, 9.17) is 11.6 Å². The molecular weight excluding hydrogens is 290 g/mol. The molecule has 100 valence electrons. The summed E-state index contributed by atoms with van der Waals surface area (Å²) in [4.78, 5) is 13.0. The van der Waals surface area contributed by atoms with E-state index in [2.05, 4.69) is 5.32 Å². The maximum Gasteiger partial charge on any atom is 0.265 e. The molecule has 1 N–H and O–H groups in total. The van der Waals surface area contributed by atoms with Crippen molar-refractivity contribution in [3.05, 3.63) is 65.0 Å². The standard InChI is InChI=1S/C16H12ClNOS/c17-10-12-6-1-3-7-13(12)18-16(19)15-9-11-5-2-4-8-14(11)20-15/h1-9H,10H2,(H,18,19). The fraction of sp³-hybridized carbons (Fsp3) is 0.0625. The first-order valence-electron chi connectivity index (χ1n) is 6.22. The van der Waals surface area contributed by atoms with E-state index >= 15 is 0 Å². The van der Waals surface area contributed by atoms with E-state index in [0.717, 1.165) is 21.3 Å². The van der Waals surface area contributed by atoms with Gasteiger partial charge in [0.2, 0.25) is 0 Å². The minimum atomic E-state index is -0.0937. The number of amides is 1. The third-order valence-electron chi connectivity index (χ3n) is 3.06. The first kappa shape index (κ1) is 13.2. The topological polar surface area (TPSA) is 29.1 Å². The van der Waals surface area contributed by atoms with Crippen LogP contribution in [-0.2, 0) is 5.88 Å². The lowest BCUT2D eigenvalue weighted by molar-refractivity contribution is 0.103. The molecule has 0 fully saturated rings. The van der Waals surface area contributed by atoms with Crippen LogP contribution < -0.4 is 5.32 Å². The Morgan fingerprint density at radius 2 is 1.85 bits per heavy atom. The van der Waals surface area contributed by atoms with Crippen molar-refractivity contribution >= 4 is 44.6 Å². The summed E-state index contributed by atoms with van der Waals surface area (Å²) >= 11 is 7.37. The van der Waals surface area contributed by atoms with Crippen molar-refractivity contribution in [2.75, 3.05) is 5.32 Å². The summed E-state index contributed by atoms with van der Waals surface area (Å²) in [5, 5.41) is 4.02. The summed E-state index contributed by atoms with van der Waals surface area (Å²) in [6.07, 6.45) is 0. The van der Waals surface area contributed by atoms with Crippen molar-refractivity contribution in [3.8, 4) is 0 Å². The second kappa shape index (κ2) is 5.65. The Morgan fingerprint density at radius 3 is 2.65 bits per heavy atom. The van der Waals surface area contributed by atoms with Crippen molar-refractivity contribution in [3.63, 3.8) is 0 Å². The number of carbonyl (C=O) groups excluding carboxylic acids is 1. The highest BCUT2D eigenvalue weighted by molar-refractivity contribution is 7.20. The van der Waals surface area contributed by atoms with Crippen molar-refractivity contribution in [2.24, 2.45) is 0 Å². The fourth-order valence-corrected chi connectivity index (χ4v) is 3.23.